The van der Waals surface area contributed by atoms with Gasteiger partial charge in [0.15, 0.2) is 0 Å². The summed E-state index contributed by atoms with van der Waals surface area (Å²) in [5.41, 5.74) is 3.67. The Labute approximate surface area is 141 Å². The number of aryl methyl sites for hydroxylation is 1. The van der Waals surface area contributed by atoms with Gasteiger partial charge in [0, 0.05) is 24.5 Å². The Balaban J connectivity index is 1.88. The number of carboxylic acids is 1. The van der Waals surface area contributed by atoms with Gasteiger partial charge in [-0.25, -0.2) is 4.79 Å². The van der Waals surface area contributed by atoms with E-state index in [1.807, 2.05) is 38.1 Å². The first-order valence-corrected chi connectivity index (χ1v) is 8.23. The number of amides is 1. The van der Waals surface area contributed by atoms with Gasteiger partial charge in [-0.2, -0.15) is 0 Å². The number of aliphatic carboxylic acids is 1. The van der Waals surface area contributed by atoms with Gasteiger partial charge < -0.3 is 14.6 Å². The molecule has 0 aliphatic carbocycles. The summed E-state index contributed by atoms with van der Waals surface area (Å²) < 4.78 is 2.11. The minimum absolute atomic E-state index is 0.174. The molecular formula is C19H22N2O3. The van der Waals surface area contributed by atoms with E-state index in [-0.39, 0.29) is 5.91 Å². The minimum Gasteiger partial charge on any atom is -0.480 e. The maximum absolute atomic E-state index is 12.8. The SMILES string of the molecule is Cc1cc(C(=O)N2CCC[C@@H]2C(=O)O)c(C)n1Cc1ccccc1. The zero-order chi connectivity index (χ0) is 17.3. The molecule has 1 atom stereocenters. The third kappa shape index (κ3) is 2.94. The van der Waals surface area contributed by atoms with Crippen molar-refractivity contribution in [3.8, 4) is 0 Å². The molecule has 24 heavy (non-hydrogen) atoms. The van der Waals surface area contributed by atoms with Crippen LogP contribution in [0.3, 0.4) is 0 Å². The number of likely N-dealkylation sites (tertiary alicyclic amines) is 1. The van der Waals surface area contributed by atoms with Crippen molar-refractivity contribution < 1.29 is 14.7 Å². The Morgan fingerprint density at radius 3 is 2.58 bits per heavy atom. The highest BCUT2D eigenvalue weighted by atomic mass is 16.4. The zero-order valence-corrected chi connectivity index (χ0v) is 14.0. The molecule has 1 aliphatic rings. The minimum atomic E-state index is -0.918. The molecule has 1 aromatic carbocycles. The summed E-state index contributed by atoms with van der Waals surface area (Å²) in [7, 11) is 0. The molecular weight excluding hydrogens is 304 g/mol. The third-order valence-corrected chi connectivity index (χ3v) is 4.79. The first-order chi connectivity index (χ1) is 11.5. The highest BCUT2D eigenvalue weighted by Crippen LogP contribution is 2.24. The van der Waals surface area contributed by atoms with Gasteiger partial charge in [0.05, 0.1) is 5.56 Å². The fraction of sp³-hybridized carbons (Fsp3) is 0.368. The van der Waals surface area contributed by atoms with Crippen molar-refractivity contribution in [2.45, 2.75) is 39.3 Å². The van der Waals surface area contributed by atoms with E-state index in [0.29, 0.717) is 25.1 Å². The molecule has 3 rings (SSSR count). The number of hydrogen-bond acceptors (Lipinski definition) is 2. The van der Waals surface area contributed by atoms with Gasteiger partial charge >= 0.3 is 5.97 Å². The van der Waals surface area contributed by atoms with Crippen molar-refractivity contribution in [2.24, 2.45) is 0 Å². The summed E-state index contributed by atoms with van der Waals surface area (Å²) in [5.74, 6) is -1.09. The molecule has 2 heterocycles. The summed E-state index contributed by atoms with van der Waals surface area (Å²) in [5, 5.41) is 9.30. The van der Waals surface area contributed by atoms with Gasteiger partial charge in [0.25, 0.3) is 5.91 Å². The van der Waals surface area contributed by atoms with Crippen molar-refractivity contribution in [2.75, 3.05) is 6.54 Å². The fourth-order valence-electron chi connectivity index (χ4n) is 3.45. The summed E-state index contributed by atoms with van der Waals surface area (Å²) >= 11 is 0. The fourth-order valence-corrected chi connectivity index (χ4v) is 3.45. The second kappa shape index (κ2) is 6.51. The van der Waals surface area contributed by atoms with Gasteiger partial charge in [-0.3, -0.25) is 4.79 Å². The number of carbonyl (C=O) groups is 2. The predicted molar refractivity (Wildman–Crippen MR) is 91.1 cm³/mol. The molecule has 2 aromatic rings. The molecule has 5 nitrogen and oxygen atoms in total. The number of carbonyl (C=O) groups excluding carboxylic acids is 1. The van der Waals surface area contributed by atoms with E-state index in [1.165, 1.54) is 10.5 Å². The van der Waals surface area contributed by atoms with Crippen LogP contribution < -0.4 is 0 Å². The molecule has 5 heteroatoms. The van der Waals surface area contributed by atoms with Crippen LogP contribution in [0.1, 0.15) is 40.2 Å². The van der Waals surface area contributed by atoms with Crippen molar-refractivity contribution in [3.05, 3.63) is 58.9 Å². The number of hydrogen-bond donors (Lipinski definition) is 1. The Morgan fingerprint density at radius 1 is 1.21 bits per heavy atom. The molecule has 126 valence electrons. The van der Waals surface area contributed by atoms with Crippen molar-refractivity contribution in [1.82, 2.24) is 9.47 Å². The molecule has 1 N–H and O–H groups in total. The number of rotatable bonds is 4. The normalized spacial score (nSPS) is 17.2. The number of nitrogens with zero attached hydrogens (tertiary/aromatic N) is 2. The van der Waals surface area contributed by atoms with Crippen molar-refractivity contribution >= 4 is 11.9 Å². The summed E-state index contributed by atoms with van der Waals surface area (Å²) in [6.07, 6.45) is 1.27. The first-order valence-electron chi connectivity index (χ1n) is 8.23. The van der Waals surface area contributed by atoms with Gasteiger partial charge in [-0.05, 0) is 38.3 Å². The molecule has 1 amide bonds. The predicted octanol–water partition coefficient (Wildman–Crippen LogP) is 2.84. The third-order valence-electron chi connectivity index (χ3n) is 4.79. The molecule has 0 radical (unpaired) electrons. The summed E-state index contributed by atoms with van der Waals surface area (Å²) in [6, 6.07) is 11.3. The smallest absolute Gasteiger partial charge is 0.326 e. The van der Waals surface area contributed by atoms with Crippen LogP contribution in [0.2, 0.25) is 0 Å². The van der Waals surface area contributed by atoms with E-state index < -0.39 is 12.0 Å². The van der Waals surface area contributed by atoms with Crippen molar-refractivity contribution in [1.29, 1.82) is 0 Å². The van der Waals surface area contributed by atoms with Crippen LogP contribution in [-0.2, 0) is 11.3 Å². The van der Waals surface area contributed by atoms with Gasteiger partial charge in [-0.1, -0.05) is 30.3 Å². The molecule has 1 aromatic heterocycles. The lowest BCUT2D eigenvalue weighted by molar-refractivity contribution is -0.141. The zero-order valence-electron chi connectivity index (χ0n) is 14.0. The first kappa shape index (κ1) is 16.3. The maximum Gasteiger partial charge on any atom is 0.326 e. The number of aromatic nitrogens is 1. The number of carboxylic acid groups (broad SMARTS) is 1. The molecule has 1 fully saturated rings. The highest BCUT2D eigenvalue weighted by Gasteiger charge is 2.35. The lowest BCUT2D eigenvalue weighted by atomic mass is 10.2. The van der Waals surface area contributed by atoms with E-state index >= 15 is 0 Å². The van der Waals surface area contributed by atoms with Crippen LogP contribution in [0, 0.1) is 13.8 Å². The average molecular weight is 326 g/mol. The van der Waals surface area contributed by atoms with Gasteiger partial charge in [0.2, 0.25) is 0 Å². The summed E-state index contributed by atoms with van der Waals surface area (Å²) in [4.78, 5) is 25.7. The van der Waals surface area contributed by atoms with Crippen molar-refractivity contribution in [3.63, 3.8) is 0 Å². The maximum atomic E-state index is 12.8. The van der Waals surface area contributed by atoms with Crippen LogP contribution in [0.15, 0.2) is 36.4 Å². The molecule has 1 saturated heterocycles. The van der Waals surface area contributed by atoms with Crippen LogP contribution in [0.5, 0.6) is 0 Å². The quantitative estimate of drug-likeness (QED) is 0.940. The Kier molecular flexibility index (Phi) is 4.42. The summed E-state index contributed by atoms with van der Waals surface area (Å²) in [6.45, 7) is 5.12. The lowest BCUT2D eigenvalue weighted by Gasteiger charge is -2.21. The Bertz CT molecular complexity index is 764. The van der Waals surface area contributed by atoms with E-state index in [4.69, 9.17) is 0 Å². The monoisotopic (exact) mass is 326 g/mol. The van der Waals surface area contributed by atoms with E-state index in [9.17, 15) is 14.7 Å². The highest BCUT2D eigenvalue weighted by molar-refractivity contribution is 5.98. The van der Waals surface area contributed by atoms with Gasteiger partial charge in [0.1, 0.15) is 6.04 Å². The van der Waals surface area contributed by atoms with Crippen LogP contribution >= 0.6 is 0 Å². The van der Waals surface area contributed by atoms with Crippen LogP contribution in [0.4, 0.5) is 0 Å². The largest absolute Gasteiger partial charge is 0.480 e. The topological polar surface area (TPSA) is 62.5 Å². The molecule has 0 saturated carbocycles. The second-order valence-corrected chi connectivity index (χ2v) is 6.35. The lowest BCUT2D eigenvalue weighted by Crippen LogP contribution is -2.40. The molecule has 0 unspecified atom stereocenters. The molecule has 0 spiro atoms. The Hall–Kier alpha value is -2.56. The standard InChI is InChI=1S/C19H22N2O3/c1-13-11-16(18(22)20-10-6-9-17(20)19(23)24)14(2)21(13)12-15-7-4-3-5-8-15/h3-5,7-8,11,17H,6,9-10,12H2,1-2H3,(H,23,24)/t17-/m1/s1. The Morgan fingerprint density at radius 2 is 1.92 bits per heavy atom. The van der Waals surface area contributed by atoms with E-state index in [0.717, 1.165) is 17.8 Å². The van der Waals surface area contributed by atoms with Crippen LogP contribution in [0.25, 0.3) is 0 Å². The average Bonchev–Trinajstić information content (AvgIpc) is 3.16. The molecule has 0 bridgehead atoms. The van der Waals surface area contributed by atoms with Crippen LogP contribution in [-0.4, -0.2) is 39.0 Å². The van der Waals surface area contributed by atoms with E-state index in [2.05, 4.69) is 16.7 Å². The second-order valence-electron chi connectivity index (χ2n) is 6.35. The molecule has 1 aliphatic heterocycles. The van der Waals surface area contributed by atoms with E-state index in [1.54, 1.807) is 0 Å². The number of benzene rings is 1. The van der Waals surface area contributed by atoms with Gasteiger partial charge in [-0.15, -0.1) is 0 Å².